The molecule has 1 amide bonds. The Morgan fingerprint density at radius 2 is 2.38 bits per heavy atom. The maximum atomic E-state index is 12.9. The zero-order chi connectivity index (χ0) is 17.1. The molecule has 6 nitrogen and oxygen atoms in total. The van der Waals surface area contributed by atoms with E-state index in [4.69, 9.17) is 0 Å². The van der Waals surface area contributed by atoms with Crippen LogP contribution in [0.15, 0.2) is 23.6 Å². The highest BCUT2D eigenvalue weighted by molar-refractivity contribution is 7.10. The first-order valence-electron chi connectivity index (χ1n) is 8.14. The number of carbonyl (C=O) groups is 1. The Balaban J connectivity index is 1.75. The van der Waals surface area contributed by atoms with Gasteiger partial charge in [0, 0.05) is 30.2 Å². The second-order valence-electron chi connectivity index (χ2n) is 6.03. The average Bonchev–Trinajstić information content (AvgIpc) is 3.25. The van der Waals surface area contributed by atoms with Crippen LogP contribution in [0.4, 0.5) is 5.95 Å². The molecule has 1 aliphatic heterocycles. The molecule has 0 saturated carbocycles. The summed E-state index contributed by atoms with van der Waals surface area (Å²) in [6.07, 6.45) is 1.91. The molecule has 128 valence electrons. The smallest absolute Gasteiger partial charge is 0.272 e. The number of carbonyl (C=O) groups excluding carboxylic acids is 1. The van der Waals surface area contributed by atoms with Gasteiger partial charge in [-0.1, -0.05) is 6.07 Å². The van der Waals surface area contributed by atoms with Gasteiger partial charge in [0.15, 0.2) is 0 Å². The summed E-state index contributed by atoms with van der Waals surface area (Å²) in [5, 5.41) is 15.2. The largest absolute Gasteiger partial charge is 0.387 e. The molecule has 2 aromatic rings. The molecule has 1 saturated heterocycles. The van der Waals surface area contributed by atoms with Gasteiger partial charge in [0.1, 0.15) is 5.69 Å². The number of anilines is 1. The Morgan fingerprint density at radius 3 is 3.08 bits per heavy atom. The van der Waals surface area contributed by atoms with E-state index < -0.39 is 6.10 Å². The number of thiophene rings is 1. The first-order valence-corrected chi connectivity index (χ1v) is 9.02. The van der Waals surface area contributed by atoms with Gasteiger partial charge in [-0.25, -0.2) is 9.97 Å². The summed E-state index contributed by atoms with van der Waals surface area (Å²) < 4.78 is 0. The van der Waals surface area contributed by atoms with Crippen LogP contribution in [0.3, 0.4) is 0 Å². The van der Waals surface area contributed by atoms with Gasteiger partial charge in [-0.2, -0.15) is 0 Å². The van der Waals surface area contributed by atoms with Crippen LogP contribution < -0.4 is 5.32 Å². The number of likely N-dealkylation sites (tertiary alicyclic amines) is 1. The SMILES string of the molecule is CNc1nc(C)cc(C(=O)N2CCC[C@@H]2C[C@@H](O)c2cccs2)n1. The van der Waals surface area contributed by atoms with Gasteiger partial charge < -0.3 is 15.3 Å². The van der Waals surface area contributed by atoms with E-state index in [2.05, 4.69) is 15.3 Å². The van der Waals surface area contributed by atoms with Crippen molar-refractivity contribution in [3.63, 3.8) is 0 Å². The van der Waals surface area contributed by atoms with Gasteiger partial charge in [0.25, 0.3) is 5.91 Å². The minimum absolute atomic E-state index is 0.0444. The first kappa shape index (κ1) is 16.9. The van der Waals surface area contributed by atoms with E-state index in [1.807, 2.05) is 29.3 Å². The number of aryl methyl sites for hydroxylation is 1. The Hall–Kier alpha value is -1.99. The molecular weight excluding hydrogens is 324 g/mol. The zero-order valence-electron chi connectivity index (χ0n) is 13.9. The van der Waals surface area contributed by atoms with E-state index in [-0.39, 0.29) is 11.9 Å². The molecular formula is C17H22N4O2S. The predicted octanol–water partition coefficient (Wildman–Crippen LogP) is 2.62. The molecule has 0 aromatic carbocycles. The van der Waals surface area contributed by atoms with Crippen molar-refractivity contribution in [3.05, 3.63) is 39.8 Å². The van der Waals surface area contributed by atoms with Crippen LogP contribution in [-0.2, 0) is 0 Å². The standard InChI is InChI=1S/C17H22N4O2S/c1-11-9-13(20-17(18-2)19-11)16(23)21-7-3-5-12(21)10-14(22)15-6-4-8-24-15/h4,6,8-9,12,14,22H,3,5,7,10H2,1-2H3,(H,18,19,20)/t12-,14-/m1/s1. The Bertz CT molecular complexity index is 705. The third kappa shape index (κ3) is 3.57. The van der Waals surface area contributed by atoms with Crippen molar-refractivity contribution in [2.45, 2.75) is 38.3 Å². The van der Waals surface area contributed by atoms with Gasteiger partial charge in [-0.15, -0.1) is 11.3 Å². The van der Waals surface area contributed by atoms with Gasteiger partial charge in [0.2, 0.25) is 5.95 Å². The second-order valence-corrected chi connectivity index (χ2v) is 7.01. The van der Waals surface area contributed by atoms with Crippen molar-refractivity contribution in [2.75, 3.05) is 18.9 Å². The van der Waals surface area contributed by atoms with Crippen LogP contribution >= 0.6 is 11.3 Å². The van der Waals surface area contributed by atoms with Crippen LogP contribution in [0.25, 0.3) is 0 Å². The number of aliphatic hydroxyl groups is 1. The van der Waals surface area contributed by atoms with Crippen LogP contribution in [0.5, 0.6) is 0 Å². The maximum absolute atomic E-state index is 12.9. The number of nitrogens with one attached hydrogen (secondary N) is 1. The van der Waals surface area contributed by atoms with E-state index in [0.717, 1.165) is 23.4 Å². The molecule has 0 bridgehead atoms. The lowest BCUT2D eigenvalue weighted by molar-refractivity contribution is 0.0664. The number of aliphatic hydroxyl groups excluding tert-OH is 1. The quantitative estimate of drug-likeness (QED) is 0.870. The highest BCUT2D eigenvalue weighted by Crippen LogP contribution is 2.30. The summed E-state index contributed by atoms with van der Waals surface area (Å²) in [5.74, 6) is 0.366. The Kier molecular flexibility index (Phi) is 5.11. The lowest BCUT2D eigenvalue weighted by Crippen LogP contribution is -2.37. The van der Waals surface area contributed by atoms with Crippen molar-refractivity contribution in [1.29, 1.82) is 0 Å². The molecule has 1 aliphatic rings. The highest BCUT2D eigenvalue weighted by atomic mass is 32.1. The molecule has 3 rings (SSSR count). The topological polar surface area (TPSA) is 78.4 Å². The van der Waals surface area contributed by atoms with Crippen molar-refractivity contribution in [3.8, 4) is 0 Å². The third-order valence-electron chi connectivity index (χ3n) is 4.30. The van der Waals surface area contributed by atoms with Crippen molar-refractivity contribution in [1.82, 2.24) is 14.9 Å². The fourth-order valence-electron chi connectivity index (χ4n) is 3.14. The molecule has 3 heterocycles. The van der Waals surface area contributed by atoms with E-state index in [1.54, 1.807) is 24.5 Å². The second kappa shape index (κ2) is 7.27. The summed E-state index contributed by atoms with van der Waals surface area (Å²) in [6, 6.07) is 5.63. The van der Waals surface area contributed by atoms with E-state index in [1.165, 1.54) is 0 Å². The highest BCUT2D eigenvalue weighted by Gasteiger charge is 2.32. The van der Waals surface area contributed by atoms with Gasteiger partial charge in [-0.05, 0) is 43.7 Å². The molecule has 7 heteroatoms. The molecule has 0 radical (unpaired) electrons. The lowest BCUT2D eigenvalue weighted by atomic mass is 10.1. The molecule has 2 N–H and O–H groups in total. The minimum atomic E-state index is -0.525. The lowest BCUT2D eigenvalue weighted by Gasteiger charge is -2.26. The van der Waals surface area contributed by atoms with E-state index in [9.17, 15) is 9.90 Å². The number of rotatable bonds is 5. The number of hydrogen-bond acceptors (Lipinski definition) is 6. The van der Waals surface area contributed by atoms with E-state index >= 15 is 0 Å². The molecule has 1 fully saturated rings. The maximum Gasteiger partial charge on any atom is 0.272 e. The van der Waals surface area contributed by atoms with Crippen LogP contribution in [0, 0.1) is 6.92 Å². The summed E-state index contributed by atoms with van der Waals surface area (Å²) >= 11 is 1.54. The fourth-order valence-corrected chi connectivity index (χ4v) is 3.86. The van der Waals surface area contributed by atoms with Crippen LogP contribution in [0.1, 0.15) is 46.4 Å². The number of amides is 1. The van der Waals surface area contributed by atoms with E-state index in [0.29, 0.717) is 24.6 Å². The Labute approximate surface area is 145 Å². The molecule has 0 spiro atoms. The molecule has 24 heavy (non-hydrogen) atoms. The van der Waals surface area contributed by atoms with Gasteiger partial charge >= 0.3 is 0 Å². The normalized spacial score (nSPS) is 18.6. The molecule has 2 atom stereocenters. The summed E-state index contributed by atoms with van der Waals surface area (Å²) in [4.78, 5) is 24.2. The zero-order valence-corrected chi connectivity index (χ0v) is 14.7. The van der Waals surface area contributed by atoms with Gasteiger partial charge in [-0.3, -0.25) is 4.79 Å². The number of aromatic nitrogens is 2. The predicted molar refractivity (Wildman–Crippen MR) is 94.3 cm³/mol. The molecule has 0 unspecified atom stereocenters. The number of hydrogen-bond donors (Lipinski definition) is 2. The van der Waals surface area contributed by atoms with Crippen molar-refractivity contribution in [2.24, 2.45) is 0 Å². The first-order chi connectivity index (χ1) is 11.6. The van der Waals surface area contributed by atoms with Crippen molar-refractivity contribution < 1.29 is 9.90 Å². The Morgan fingerprint density at radius 1 is 1.54 bits per heavy atom. The summed E-state index contributed by atoms with van der Waals surface area (Å²) in [6.45, 7) is 2.56. The monoisotopic (exact) mass is 346 g/mol. The minimum Gasteiger partial charge on any atom is -0.387 e. The molecule has 2 aromatic heterocycles. The third-order valence-corrected chi connectivity index (χ3v) is 5.28. The van der Waals surface area contributed by atoms with Crippen LogP contribution in [-0.4, -0.2) is 45.5 Å². The van der Waals surface area contributed by atoms with Crippen LogP contribution in [0.2, 0.25) is 0 Å². The van der Waals surface area contributed by atoms with Gasteiger partial charge in [0.05, 0.1) is 6.10 Å². The number of nitrogens with zero attached hydrogens (tertiary/aromatic N) is 3. The van der Waals surface area contributed by atoms with Crippen molar-refractivity contribution >= 4 is 23.2 Å². The summed E-state index contributed by atoms with van der Waals surface area (Å²) in [5.41, 5.74) is 1.16. The average molecular weight is 346 g/mol. The molecule has 0 aliphatic carbocycles. The summed E-state index contributed by atoms with van der Waals surface area (Å²) in [7, 11) is 1.74. The fraction of sp³-hybridized carbons (Fsp3) is 0.471.